The molecular weight excluding hydrogens is 254 g/mol. The van der Waals surface area contributed by atoms with Crippen LogP contribution in [0.2, 0.25) is 0 Å². The van der Waals surface area contributed by atoms with Crippen molar-refractivity contribution in [2.24, 2.45) is 0 Å². The molecule has 0 radical (unpaired) electrons. The maximum atomic E-state index is 5.90. The van der Waals surface area contributed by atoms with Gasteiger partial charge in [0.05, 0.1) is 19.3 Å². The molecule has 2 unspecified atom stereocenters. The summed E-state index contributed by atoms with van der Waals surface area (Å²) in [6.07, 6.45) is 2.29. The van der Waals surface area contributed by atoms with E-state index in [0.29, 0.717) is 25.9 Å². The van der Waals surface area contributed by atoms with Crippen LogP contribution in [0.1, 0.15) is 19.8 Å². The second kappa shape index (κ2) is 8.95. The van der Waals surface area contributed by atoms with Gasteiger partial charge in [-0.2, -0.15) is 0 Å². The summed E-state index contributed by atoms with van der Waals surface area (Å²) in [6.45, 7) is 5.86. The van der Waals surface area contributed by atoms with Gasteiger partial charge in [0.25, 0.3) is 0 Å². The Kier molecular flexibility index (Phi) is 6.84. The minimum absolute atomic E-state index is 0.134. The minimum atomic E-state index is 0.134. The molecule has 1 aromatic carbocycles. The molecule has 2 rings (SSSR count). The summed E-state index contributed by atoms with van der Waals surface area (Å²) in [6, 6.07) is 10.2. The second-order valence-corrected chi connectivity index (χ2v) is 4.99. The largest absolute Gasteiger partial charge is 0.491 e. The molecule has 0 spiro atoms. The van der Waals surface area contributed by atoms with E-state index in [1.165, 1.54) is 0 Å². The molecule has 1 N–H and O–H groups in total. The van der Waals surface area contributed by atoms with Gasteiger partial charge in [-0.05, 0) is 31.5 Å². The van der Waals surface area contributed by atoms with Gasteiger partial charge in [0.2, 0.25) is 0 Å². The molecule has 0 aromatic heterocycles. The predicted octanol–water partition coefficient (Wildman–Crippen LogP) is 2.24. The topological polar surface area (TPSA) is 39.7 Å². The van der Waals surface area contributed by atoms with E-state index in [-0.39, 0.29) is 6.10 Å². The first-order valence-electron chi connectivity index (χ1n) is 7.50. The standard InChI is InChI=1S/C16H25NO3/c1-2-9-17-15-8-10-18-13-16(15)20-12-11-19-14-6-4-3-5-7-14/h3-7,15-17H,2,8-13H2,1H3. The molecule has 4 nitrogen and oxygen atoms in total. The van der Waals surface area contributed by atoms with Crippen LogP contribution in [0.15, 0.2) is 30.3 Å². The van der Waals surface area contributed by atoms with Crippen molar-refractivity contribution in [3.05, 3.63) is 30.3 Å². The van der Waals surface area contributed by atoms with Crippen molar-refractivity contribution >= 4 is 0 Å². The zero-order chi connectivity index (χ0) is 14.0. The van der Waals surface area contributed by atoms with Crippen molar-refractivity contribution in [1.29, 1.82) is 0 Å². The van der Waals surface area contributed by atoms with Crippen molar-refractivity contribution < 1.29 is 14.2 Å². The Labute approximate surface area is 121 Å². The molecule has 0 amide bonds. The predicted molar refractivity (Wildman–Crippen MR) is 79.2 cm³/mol. The number of nitrogens with one attached hydrogen (secondary N) is 1. The number of benzene rings is 1. The molecular formula is C16H25NO3. The first-order chi connectivity index (χ1) is 9.90. The van der Waals surface area contributed by atoms with Gasteiger partial charge in [-0.1, -0.05) is 25.1 Å². The van der Waals surface area contributed by atoms with Gasteiger partial charge in [0, 0.05) is 12.6 Å². The minimum Gasteiger partial charge on any atom is -0.491 e. The normalized spacial score (nSPS) is 22.6. The van der Waals surface area contributed by atoms with Crippen LogP contribution in [-0.4, -0.2) is 45.1 Å². The highest BCUT2D eigenvalue weighted by Crippen LogP contribution is 2.12. The molecule has 1 saturated heterocycles. The molecule has 112 valence electrons. The average molecular weight is 279 g/mol. The lowest BCUT2D eigenvalue weighted by molar-refractivity contribution is -0.0739. The molecule has 2 atom stereocenters. The Morgan fingerprint density at radius 3 is 2.90 bits per heavy atom. The van der Waals surface area contributed by atoms with E-state index >= 15 is 0 Å². The number of ether oxygens (including phenoxy) is 3. The number of para-hydroxylation sites is 1. The number of rotatable bonds is 8. The summed E-state index contributed by atoms with van der Waals surface area (Å²) in [4.78, 5) is 0. The van der Waals surface area contributed by atoms with Crippen LogP contribution in [0, 0.1) is 0 Å². The van der Waals surface area contributed by atoms with Gasteiger partial charge in [-0.15, -0.1) is 0 Å². The van der Waals surface area contributed by atoms with Gasteiger partial charge in [0.1, 0.15) is 12.4 Å². The van der Waals surface area contributed by atoms with E-state index < -0.39 is 0 Å². The lowest BCUT2D eigenvalue weighted by Gasteiger charge is -2.32. The van der Waals surface area contributed by atoms with Crippen LogP contribution in [0.25, 0.3) is 0 Å². The molecule has 0 saturated carbocycles. The van der Waals surface area contributed by atoms with Crippen LogP contribution in [-0.2, 0) is 9.47 Å². The summed E-state index contributed by atoms with van der Waals surface area (Å²) in [7, 11) is 0. The smallest absolute Gasteiger partial charge is 0.119 e. The molecule has 1 fully saturated rings. The third-order valence-corrected chi connectivity index (χ3v) is 3.39. The third-order valence-electron chi connectivity index (χ3n) is 3.39. The first-order valence-corrected chi connectivity index (χ1v) is 7.50. The van der Waals surface area contributed by atoms with Crippen molar-refractivity contribution in [1.82, 2.24) is 5.32 Å². The van der Waals surface area contributed by atoms with Crippen LogP contribution in [0.3, 0.4) is 0 Å². The fourth-order valence-electron chi connectivity index (χ4n) is 2.32. The Balaban J connectivity index is 1.66. The molecule has 1 aromatic rings. The van der Waals surface area contributed by atoms with Gasteiger partial charge in [-0.25, -0.2) is 0 Å². The Morgan fingerprint density at radius 2 is 2.10 bits per heavy atom. The van der Waals surface area contributed by atoms with Crippen molar-refractivity contribution in [2.75, 3.05) is 33.0 Å². The Hall–Kier alpha value is -1.10. The fourth-order valence-corrected chi connectivity index (χ4v) is 2.32. The van der Waals surface area contributed by atoms with Crippen molar-refractivity contribution in [3.8, 4) is 5.75 Å². The van der Waals surface area contributed by atoms with E-state index in [4.69, 9.17) is 14.2 Å². The molecule has 0 aliphatic carbocycles. The summed E-state index contributed by atoms with van der Waals surface area (Å²) in [5, 5.41) is 3.53. The SMILES string of the molecule is CCCNC1CCOCC1OCCOc1ccccc1. The highest BCUT2D eigenvalue weighted by molar-refractivity contribution is 5.20. The van der Waals surface area contributed by atoms with E-state index in [2.05, 4.69) is 12.2 Å². The summed E-state index contributed by atoms with van der Waals surface area (Å²) in [5.74, 6) is 0.886. The van der Waals surface area contributed by atoms with Crippen molar-refractivity contribution in [3.63, 3.8) is 0 Å². The second-order valence-electron chi connectivity index (χ2n) is 4.99. The summed E-state index contributed by atoms with van der Waals surface area (Å²) < 4.78 is 17.0. The molecule has 0 bridgehead atoms. The molecule has 20 heavy (non-hydrogen) atoms. The van der Waals surface area contributed by atoms with E-state index in [1.807, 2.05) is 30.3 Å². The van der Waals surface area contributed by atoms with Crippen LogP contribution < -0.4 is 10.1 Å². The lowest BCUT2D eigenvalue weighted by Crippen LogP contribution is -2.48. The molecule has 1 aliphatic rings. The van der Waals surface area contributed by atoms with Gasteiger partial charge in [-0.3, -0.25) is 0 Å². The first kappa shape index (κ1) is 15.3. The fraction of sp³-hybridized carbons (Fsp3) is 0.625. The zero-order valence-electron chi connectivity index (χ0n) is 12.2. The average Bonchev–Trinajstić information content (AvgIpc) is 2.51. The highest BCUT2D eigenvalue weighted by atomic mass is 16.6. The highest BCUT2D eigenvalue weighted by Gasteiger charge is 2.25. The van der Waals surface area contributed by atoms with E-state index in [0.717, 1.165) is 31.7 Å². The summed E-state index contributed by atoms with van der Waals surface area (Å²) >= 11 is 0. The third kappa shape index (κ3) is 5.12. The number of hydrogen-bond donors (Lipinski definition) is 1. The van der Waals surface area contributed by atoms with Crippen LogP contribution in [0.5, 0.6) is 5.75 Å². The molecule has 1 heterocycles. The van der Waals surface area contributed by atoms with Gasteiger partial charge >= 0.3 is 0 Å². The lowest BCUT2D eigenvalue weighted by atomic mass is 10.1. The van der Waals surface area contributed by atoms with Crippen LogP contribution in [0.4, 0.5) is 0 Å². The monoisotopic (exact) mass is 279 g/mol. The zero-order valence-corrected chi connectivity index (χ0v) is 12.2. The molecule has 1 aliphatic heterocycles. The van der Waals surface area contributed by atoms with E-state index in [9.17, 15) is 0 Å². The van der Waals surface area contributed by atoms with E-state index in [1.54, 1.807) is 0 Å². The van der Waals surface area contributed by atoms with Crippen LogP contribution >= 0.6 is 0 Å². The number of hydrogen-bond acceptors (Lipinski definition) is 4. The van der Waals surface area contributed by atoms with Crippen molar-refractivity contribution in [2.45, 2.75) is 31.9 Å². The van der Waals surface area contributed by atoms with Gasteiger partial charge < -0.3 is 19.5 Å². The van der Waals surface area contributed by atoms with Gasteiger partial charge in [0.15, 0.2) is 0 Å². The molecule has 4 heteroatoms. The summed E-state index contributed by atoms with van der Waals surface area (Å²) in [5.41, 5.74) is 0. The Morgan fingerprint density at radius 1 is 1.25 bits per heavy atom. The maximum Gasteiger partial charge on any atom is 0.119 e. The quantitative estimate of drug-likeness (QED) is 0.741. The maximum absolute atomic E-state index is 5.90. The Bertz CT molecular complexity index is 358.